The van der Waals surface area contributed by atoms with E-state index in [1.54, 1.807) is 0 Å². The van der Waals surface area contributed by atoms with Crippen LogP contribution in [-0.2, 0) is 15.7 Å². The van der Waals surface area contributed by atoms with Crippen molar-refractivity contribution >= 4 is 12.6 Å². The van der Waals surface area contributed by atoms with Crippen molar-refractivity contribution in [2.45, 2.75) is 58.2 Å². The summed E-state index contributed by atoms with van der Waals surface area (Å²) in [6.45, 7) is 8.43. The second kappa shape index (κ2) is 4.36. The molecule has 1 saturated heterocycles. The topological polar surface area (TPSA) is 18.5 Å². The van der Waals surface area contributed by atoms with E-state index in [2.05, 4.69) is 52.0 Å². The van der Waals surface area contributed by atoms with Gasteiger partial charge in [-0.25, -0.2) is 0 Å². The predicted octanol–water partition coefficient (Wildman–Crippen LogP) is 2.94. The Kier molecular flexibility index (Phi) is 3.03. The molecule has 0 bridgehead atoms. The van der Waals surface area contributed by atoms with Gasteiger partial charge in [0.2, 0.25) is 0 Å². The van der Waals surface area contributed by atoms with Crippen LogP contribution in [0.3, 0.4) is 0 Å². The molecule has 0 spiro atoms. The third-order valence-electron chi connectivity index (χ3n) is 4.77. The molecule has 2 nitrogen and oxygen atoms in total. The smallest absolute Gasteiger partial charge is 0.399 e. The summed E-state index contributed by atoms with van der Waals surface area (Å²) in [4.78, 5) is 0. The summed E-state index contributed by atoms with van der Waals surface area (Å²) < 4.78 is 12.3. The van der Waals surface area contributed by atoms with Crippen LogP contribution in [-0.4, -0.2) is 18.3 Å². The van der Waals surface area contributed by atoms with Crippen LogP contribution in [0.25, 0.3) is 0 Å². The first-order chi connectivity index (χ1) is 8.89. The lowest BCUT2D eigenvalue weighted by atomic mass is 9.75. The largest absolute Gasteiger partial charge is 0.495 e. The molecule has 0 aromatic heterocycles. The molecule has 1 aromatic carbocycles. The van der Waals surface area contributed by atoms with Gasteiger partial charge in [-0.15, -0.1) is 0 Å². The van der Waals surface area contributed by atoms with Gasteiger partial charge in [0.05, 0.1) is 11.2 Å². The Morgan fingerprint density at radius 1 is 1.05 bits per heavy atom. The zero-order valence-electron chi connectivity index (χ0n) is 12.4. The van der Waals surface area contributed by atoms with Crippen molar-refractivity contribution in [1.29, 1.82) is 0 Å². The minimum Gasteiger partial charge on any atom is -0.399 e. The quantitative estimate of drug-likeness (QED) is 0.776. The van der Waals surface area contributed by atoms with Crippen molar-refractivity contribution < 1.29 is 9.31 Å². The van der Waals surface area contributed by atoms with Gasteiger partial charge in [0.25, 0.3) is 0 Å². The van der Waals surface area contributed by atoms with E-state index in [1.165, 1.54) is 30.3 Å². The standard InChI is InChI=1S/C16H23BO2/c1-15(2)16(3,4)19-17(18-15)14-8-6-5-7-13(14)11-12-9-10-12/h5-8,12H,9-11H2,1-4H3. The molecule has 0 amide bonds. The first kappa shape index (κ1) is 13.2. The Hall–Kier alpha value is -0.795. The molecular weight excluding hydrogens is 235 g/mol. The third kappa shape index (κ3) is 2.46. The fraction of sp³-hybridized carbons (Fsp3) is 0.625. The molecule has 3 heteroatoms. The van der Waals surface area contributed by atoms with E-state index in [9.17, 15) is 0 Å². The Morgan fingerprint density at radius 2 is 1.63 bits per heavy atom. The molecular formula is C16H23BO2. The molecule has 2 aliphatic rings. The lowest BCUT2D eigenvalue weighted by Gasteiger charge is -2.32. The summed E-state index contributed by atoms with van der Waals surface area (Å²) in [6.07, 6.45) is 3.91. The molecule has 2 fully saturated rings. The predicted molar refractivity (Wildman–Crippen MR) is 78.6 cm³/mol. The van der Waals surface area contributed by atoms with Gasteiger partial charge in [-0.3, -0.25) is 0 Å². The number of rotatable bonds is 3. The van der Waals surface area contributed by atoms with Gasteiger partial charge >= 0.3 is 7.12 Å². The highest BCUT2D eigenvalue weighted by Gasteiger charge is 2.52. The fourth-order valence-corrected chi connectivity index (χ4v) is 2.55. The summed E-state index contributed by atoms with van der Waals surface area (Å²) in [5, 5.41) is 0. The molecule has 1 aromatic rings. The Balaban J connectivity index is 1.86. The summed E-state index contributed by atoms with van der Waals surface area (Å²) in [5.74, 6) is 0.878. The highest BCUT2D eigenvalue weighted by molar-refractivity contribution is 6.62. The van der Waals surface area contributed by atoms with Crippen LogP contribution in [0.4, 0.5) is 0 Å². The monoisotopic (exact) mass is 258 g/mol. The highest BCUT2D eigenvalue weighted by Crippen LogP contribution is 2.37. The van der Waals surface area contributed by atoms with Gasteiger partial charge in [0.1, 0.15) is 0 Å². The van der Waals surface area contributed by atoms with Crippen LogP contribution >= 0.6 is 0 Å². The third-order valence-corrected chi connectivity index (χ3v) is 4.77. The summed E-state index contributed by atoms with van der Waals surface area (Å²) >= 11 is 0. The summed E-state index contributed by atoms with van der Waals surface area (Å²) in [6, 6.07) is 8.57. The van der Waals surface area contributed by atoms with Crippen molar-refractivity contribution in [2.75, 3.05) is 0 Å². The van der Waals surface area contributed by atoms with Gasteiger partial charge in [0, 0.05) is 0 Å². The lowest BCUT2D eigenvalue weighted by molar-refractivity contribution is 0.00578. The maximum absolute atomic E-state index is 6.17. The zero-order valence-corrected chi connectivity index (χ0v) is 12.4. The molecule has 102 valence electrons. The minimum absolute atomic E-state index is 0.222. The highest BCUT2D eigenvalue weighted by atomic mass is 16.7. The molecule has 1 saturated carbocycles. The number of hydrogen-bond acceptors (Lipinski definition) is 2. The van der Waals surface area contributed by atoms with Gasteiger partial charge < -0.3 is 9.31 Å². The SMILES string of the molecule is CC1(C)OB(c2ccccc2CC2CC2)OC1(C)C. The molecule has 1 aliphatic carbocycles. The Morgan fingerprint density at radius 3 is 2.21 bits per heavy atom. The van der Waals surface area contributed by atoms with Crippen molar-refractivity contribution in [3.8, 4) is 0 Å². The average Bonchev–Trinajstić information content (AvgIpc) is 3.08. The second-order valence-electron chi connectivity index (χ2n) is 6.93. The van der Waals surface area contributed by atoms with E-state index in [0.29, 0.717) is 0 Å². The number of benzene rings is 1. The normalized spacial score (nSPS) is 24.7. The van der Waals surface area contributed by atoms with E-state index >= 15 is 0 Å². The molecule has 0 radical (unpaired) electrons. The molecule has 1 heterocycles. The zero-order chi connectivity index (χ0) is 13.7. The van der Waals surface area contributed by atoms with Crippen LogP contribution in [0.15, 0.2) is 24.3 Å². The van der Waals surface area contributed by atoms with E-state index in [0.717, 1.165) is 5.92 Å². The van der Waals surface area contributed by atoms with Crippen LogP contribution in [0.2, 0.25) is 0 Å². The molecule has 0 N–H and O–H groups in total. The fourth-order valence-electron chi connectivity index (χ4n) is 2.55. The Bertz CT molecular complexity index is 461. The van der Waals surface area contributed by atoms with Crippen molar-refractivity contribution in [3.05, 3.63) is 29.8 Å². The van der Waals surface area contributed by atoms with Crippen LogP contribution < -0.4 is 5.46 Å². The number of hydrogen-bond donors (Lipinski definition) is 0. The maximum atomic E-state index is 6.17. The first-order valence-electron chi connectivity index (χ1n) is 7.32. The van der Waals surface area contributed by atoms with E-state index in [-0.39, 0.29) is 18.3 Å². The van der Waals surface area contributed by atoms with Crippen molar-refractivity contribution in [2.24, 2.45) is 5.92 Å². The van der Waals surface area contributed by atoms with Crippen molar-refractivity contribution in [3.63, 3.8) is 0 Å². The maximum Gasteiger partial charge on any atom is 0.495 e. The van der Waals surface area contributed by atoms with Gasteiger partial charge in [0.15, 0.2) is 0 Å². The van der Waals surface area contributed by atoms with E-state index in [1.807, 2.05) is 0 Å². The lowest BCUT2D eigenvalue weighted by Crippen LogP contribution is -2.41. The molecule has 0 unspecified atom stereocenters. The van der Waals surface area contributed by atoms with E-state index < -0.39 is 0 Å². The molecule has 1 aliphatic heterocycles. The van der Waals surface area contributed by atoms with Gasteiger partial charge in [-0.2, -0.15) is 0 Å². The molecule has 0 atom stereocenters. The summed E-state index contributed by atoms with van der Waals surface area (Å²) in [7, 11) is -0.222. The van der Waals surface area contributed by atoms with Gasteiger partial charge in [-0.05, 0) is 63.9 Å². The van der Waals surface area contributed by atoms with Gasteiger partial charge in [-0.1, -0.05) is 24.3 Å². The molecule has 3 rings (SSSR count). The van der Waals surface area contributed by atoms with E-state index in [4.69, 9.17) is 9.31 Å². The minimum atomic E-state index is -0.260. The van der Waals surface area contributed by atoms with Crippen LogP contribution in [0, 0.1) is 5.92 Å². The Labute approximate surface area is 116 Å². The summed E-state index contributed by atoms with van der Waals surface area (Å²) in [5.41, 5.74) is 2.09. The molecule has 19 heavy (non-hydrogen) atoms. The van der Waals surface area contributed by atoms with Crippen LogP contribution in [0.5, 0.6) is 0 Å². The van der Waals surface area contributed by atoms with Crippen molar-refractivity contribution in [1.82, 2.24) is 0 Å². The average molecular weight is 258 g/mol. The second-order valence-corrected chi connectivity index (χ2v) is 6.93. The van der Waals surface area contributed by atoms with Crippen LogP contribution in [0.1, 0.15) is 46.1 Å². The first-order valence-corrected chi connectivity index (χ1v) is 7.32.